The number of hydrogen-bond acceptors (Lipinski definition) is 0. The average Bonchev–Trinajstić information content (AvgIpc) is 1.56. The van der Waals surface area contributed by atoms with Gasteiger partial charge in [0.05, 0.1) is 49.8 Å². The van der Waals surface area contributed by atoms with Gasteiger partial charge in [-0.1, -0.05) is 243 Å². The number of aromatic nitrogens is 4. The van der Waals surface area contributed by atoms with Gasteiger partial charge in [-0.15, -0.1) is 0 Å². The smallest absolute Gasteiger partial charge is 0.0619 e. The fourth-order valence-electron chi connectivity index (χ4n) is 14.6. The summed E-state index contributed by atoms with van der Waals surface area (Å²) in [6.07, 6.45) is 0. The number of fused-ring (bicyclic) bond motifs is 16. The van der Waals surface area contributed by atoms with Gasteiger partial charge in [-0.2, -0.15) is 0 Å². The lowest BCUT2D eigenvalue weighted by Crippen LogP contribution is -1.98. The summed E-state index contributed by atoms with van der Waals surface area (Å²) in [5, 5.41) is 15.2. The minimum absolute atomic E-state index is 1.16. The topological polar surface area (TPSA) is 19.7 Å². The van der Waals surface area contributed by atoms with Crippen molar-refractivity contribution in [1.29, 1.82) is 0 Å². The van der Waals surface area contributed by atoms with Crippen LogP contribution in [0.3, 0.4) is 0 Å². The predicted octanol–water partition coefficient (Wildman–Crippen LogP) is 23.1. The number of hydrogen-bond donors (Lipinski definition) is 0. The van der Waals surface area contributed by atoms with Crippen LogP contribution in [0, 0.1) is 0 Å². The van der Waals surface area contributed by atoms with Gasteiger partial charge in [0.2, 0.25) is 0 Å². The summed E-state index contributed by atoms with van der Waals surface area (Å²) in [6.45, 7) is 0. The lowest BCUT2D eigenvalue weighted by atomic mass is 9.95. The van der Waals surface area contributed by atoms with E-state index in [1.807, 2.05) is 0 Å². The van der Waals surface area contributed by atoms with Gasteiger partial charge in [0, 0.05) is 71.1 Å². The van der Waals surface area contributed by atoms with Gasteiger partial charge in [0.1, 0.15) is 0 Å². The Balaban J connectivity index is 0.000000135. The molecule has 90 heavy (non-hydrogen) atoms. The monoisotopic (exact) mass is 1140 g/mol. The Labute approximate surface area is 519 Å². The highest BCUT2D eigenvalue weighted by Crippen LogP contribution is 2.47. The van der Waals surface area contributed by atoms with Crippen molar-refractivity contribution >= 4 is 109 Å². The van der Waals surface area contributed by atoms with Crippen molar-refractivity contribution in [3.8, 4) is 56.1 Å². The summed E-state index contributed by atoms with van der Waals surface area (Å²) < 4.78 is 9.79. The maximum absolute atomic E-state index is 2.48. The van der Waals surface area contributed by atoms with E-state index in [-0.39, 0.29) is 0 Å². The van der Waals surface area contributed by atoms with Crippen LogP contribution < -0.4 is 0 Å². The van der Waals surface area contributed by atoms with Crippen LogP contribution >= 0.6 is 0 Å². The van der Waals surface area contributed by atoms with Gasteiger partial charge in [0.25, 0.3) is 0 Å². The first-order valence-electron chi connectivity index (χ1n) is 31.0. The Morgan fingerprint density at radius 1 is 0.178 bits per heavy atom. The second-order valence-electron chi connectivity index (χ2n) is 23.5. The molecule has 15 aromatic carbocycles. The number of benzene rings is 15. The summed E-state index contributed by atoms with van der Waals surface area (Å²) >= 11 is 0. The zero-order valence-corrected chi connectivity index (χ0v) is 49.1. The third kappa shape index (κ3) is 8.09. The van der Waals surface area contributed by atoms with E-state index in [1.54, 1.807) is 0 Å². The molecular weight excluding hydrogens is 1090 g/mol. The van der Waals surface area contributed by atoms with E-state index in [0.717, 1.165) is 11.4 Å². The first-order valence-corrected chi connectivity index (χ1v) is 31.0. The Bertz CT molecular complexity index is 5980. The van der Waals surface area contributed by atoms with Crippen molar-refractivity contribution in [1.82, 2.24) is 18.3 Å². The van der Waals surface area contributed by atoms with Crippen molar-refractivity contribution in [2.24, 2.45) is 0 Å². The number of nitrogens with zero attached hydrogens (tertiary/aromatic N) is 4. The molecule has 0 amide bonds. The van der Waals surface area contributed by atoms with Crippen LogP contribution in [-0.2, 0) is 0 Å². The van der Waals surface area contributed by atoms with Gasteiger partial charge in [-0.05, 0) is 141 Å². The summed E-state index contributed by atoms with van der Waals surface area (Å²) in [5.74, 6) is 0. The van der Waals surface area contributed by atoms with Gasteiger partial charge >= 0.3 is 0 Å². The molecule has 0 unspecified atom stereocenters. The molecule has 19 rings (SSSR count). The van der Waals surface area contributed by atoms with E-state index < -0.39 is 0 Å². The highest BCUT2D eigenvalue weighted by Gasteiger charge is 2.24. The van der Waals surface area contributed by atoms with Crippen LogP contribution in [-0.4, -0.2) is 18.3 Å². The highest BCUT2D eigenvalue weighted by molar-refractivity contribution is 6.27. The van der Waals surface area contributed by atoms with Crippen LogP contribution in [0.25, 0.3) is 165 Å². The maximum Gasteiger partial charge on any atom is 0.0619 e. The van der Waals surface area contributed by atoms with Crippen molar-refractivity contribution in [2.45, 2.75) is 0 Å². The Morgan fingerprint density at radius 2 is 0.600 bits per heavy atom. The molecule has 0 spiro atoms. The second-order valence-corrected chi connectivity index (χ2v) is 23.5. The van der Waals surface area contributed by atoms with Crippen LogP contribution in [0.2, 0.25) is 0 Å². The molecule has 0 bridgehead atoms. The van der Waals surface area contributed by atoms with E-state index in [0.29, 0.717) is 0 Å². The molecule has 0 radical (unpaired) electrons. The Morgan fingerprint density at radius 3 is 1.21 bits per heavy atom. The first kappa shape index (κ1) is 51.3. The molecule has 0 aliphatic rings. The van der Waals surface area contributed by atoms with E-state index in [2.05, 4.69) is 358 Å². The molecular formula is C86H56N4. The van der Waals surface area contributed by atoms with Gasteiger partial charge < -0.3 is 18.3 Å². The molecule has 0 aliphatic carbocycles. The fourth-order valence-corrected chi connectivity index (χ4v) is 14.6. The van der Waals surface area contributed by atoms with Gasteiger partial charge in [-0.3, -0.25) is 0 Å². The molecule has 4 aromatic heterocycles. The van der Waals surface area contributed by atoms with Gasteiger partial charge in [-0.25, -0.2) is 0 Å². The summed E-state index contributed by atoms with van der Waals surface area (Å²) in [4.78, 5) is 0. The largest absolute Gasteiger partial charge is 0.309 e. The van der Waals surface area contributed by atoms with Crippen LogP contribution in [0.5, 0.6) is 0 Å². The third-order valence-corrected chi connectivity index (χ3v) is 18.6. The van der Waals surface area contributed by atoms with E-state index in [1.165, 1.54) is 154 Å². The molecule has 0 saturated carbocycles. The van der Waals surface area contributed by atoms with Crippen molar-refractivity contribution in [3.05, 3.63) is 340 Å². The van der Waals surface area contributed by atoms with E-state index in [4.69, 9.17) is 0 Å². The fraction of sp³-hybridized carbons (Fsp3) is 0. The number of para-hydroxylation sites is 5. The molecule has 0 aliphatic heterocycles. The zero-order chi connectivity index (χ0) is 59.2. The molecule has 0 N–H and O–H groups in total. The van der Waals surface area contributed by atoms with Crippen molar-refractivity contribution in [3.63, 3.8) is 0 Å². The van der Waals surface area contributed by atoms with Gasteiger partial charge in [0.15, 0.2) is 0 Å². The minimum atomic E-state index is 1.16. The average molecular weight is 1150 g/mol. The number of rotatable bonds is 7. The normalized spacial score (nSPS) is 11.8. The molecule has 0 saturated heterocycles. The maximum atomic E-state index is 2.48. The lowest BCUT2D eigenvalue weighted by molar-refractivity contribution is 1.17. The zero-order valence-electron chi connectivity index (χ0n) is 49.1. The summed E-state index contributed by atoms with van der Waals surface area (Å²) in [5.41, 5.74) is 21.7. The standard InChI is InChI=1S/C46H30N2.C40H26N2/c1-4-14-31(15-5-1)34-25-26-42(38(28-34)32-16-6-2-7-17-32)48-41-23-13-12-22-37(41)39-29-40-45(30-44(39)48)47(35-19-8-3-9-20-35)43-27-24-33-18-10-11-21-36(33)46(40)43;1-4-14-27(15-5-1)33-24-36-35-25-34-31-21-12-13-23-37(31)41(28-16-6-2-7-17-28)38(34)26-39(35)42(29-18-8-3-9-19-29)40(36)32-22-11-10-20-30(32)33/h1-30H;1-26H. The molecule has 19 aromatic rings. The predicted molar refractivity (Wildman–Crippen MR) is 382 cm³/mol. The minimum Gasteiger partial charge on any atom is -0.309 e. The summed E-state index contributed by atoms with van der Waals surface area (Å²) in [6, 6.07) is 123. The molecule has 4 heterocycles. The Hall–Kier alpha value is -12.0. The quantitative estimate of drug-likeness (QED) is 0.152. The second kappa shape index (κ2) is 20.9. The van der Waals surface area contributed by atoms with E-state index >= 15 is 0 Å². The Kier molecular flexibility index (Phi) is 11.9. The van der Waals surface area contributed by atoms with Crippen molar-refractivity contribution in [2.75, 3.05) is 0 Å². The van der Waals surface area contributed by atoms with Crippen LogP contribution in [0.4, 0.5) is 0 Å². The van der Waals surface area contributed by atoms with E-state index in [9.17, 15) is 0 Å². The van der Waals surface area contributed by atoms with Crippen LogP contribution in [0.15, 0.2) is 340 Å². The first-order chi connectivity index (χ1) is 44.7. The molecule has 420 valence electrons. The molecule has 0 fully saturated rings. The highest BCUT2D eigenvalue weighted by atomic mass is 15.0. The lowest BCUT2D eigenvalue weighted by Gasteiger charge is -2.16. The molecule has 4 heteroatoms. The molecule has 4 nitrogen and oxygen atoms in total. The SMILES string of the molecule is c1ccc(-c2cc3c4cc5c6ccccc6n(-c6ccccc6)c5cc4n(-c4ccccc4)c3c3ccccc23)cc1.c1ccc(-c2ccc(-n3c4ccccc4c4cc5c6c7ccccc7ccc6n(-c6ccccc6)c5cc43)c(-c3ccccc3)c2)cc1. The van der Waals surface area contributed by atoms with Crippen molar-refractivity contribution < 1.29 is 0 Å². The third-order valence-electron chi connectivity index (χ3n) is 18.6. The molecule has 0 atom stereocenters. The van der Waals surface area contributed by atoms with Crippen LogP contribution in [0.1, 0.15) is 0 Å². The summed E-state index contributed by atoms with van der Waals surface area (Å²) in [7, 11) is 0.